The van der Waals surface area contributed by atoms with Crippen LogP contribution in [0.1, 0.15) is 29.8 Å². The lowest BCUT2D eigenvalue weighted by atomic mass is 10.1. The Morgan fingerprint density at radius 3 is 2.83 bits per heavy atom. The molecule has 1 aliphatic rings. The lowest BCUT2D eigenvalue weighted by Crippen LogP contribution is -2.45. The van der Waals surface area contributed by atoms with Gasteiger partial charge in [0.25, 0.3) is 5.91 Å². The lowest BCUT2D eigenvalue weighted by Gasteiger charge is -2.14. The smallest absolute Gasteiger partial charge is 0.269 e. The largest absolute Gasteiger partial charge is 0.508 e. The number of nitrogens with one attached hydrogen (secondary N) is 3. The predicted molar refractivity (Wildman–Crippen MR) is 83.8 cm³/mol. The first-order chi connectivity index (χ1) is 11.1. The molecule has 0 radical (unpaired) electrons. The molecular weight excluding hydrogens is 296 g/mol. The zero-order chi connectivity index (χ0) is 16.2. The number of aromatic amines is 1. The molecular formula is C16H18N4O3. The highest BCUT2D eigenvalue weighted by molar-refractivity contribution is 5.96. The summed E-state index contributed by atoms with van der Waals surface area (Å²) in [5.41, 5.74) is 1.68. The summed E-state index contributed by atoms with van der Waals surface area (Å²) in [6, 6.07) is 7.65. The van der Waals surface area contributed by atoms with Gasteiger partial charge in [0, 0.05) is 12.1 Å². The van der Waals surface area contributed by atoms with E-state index in [1.165, 1.54) is 0 Å². The summed E-state index contributed by atoms with van der Waals surface area (Å²) in [6.45, 7) is 0.653. The van der Waals surface area contributed by atoms with Gasteiger partial charge in [-0.25, -0.2) is 0 Å². The number of aromatic hydroxyl groups is 1. The number of rotatable bonds is 3. The Morgan fingerprint density at radius 2 is 2.04 bits per heavy atom. The summed E-state index contributed by atoms with van der Waals surface area (Å²) in [7, 11) is 0. The molecule has 1 aromatic carbocycles. The van der Waals surface area contributed by atoms with Crippen molar-refractivity contribution in [3.8, 4) is 17.0 Å². The molecule has 2 amide bonds. The van der Waals surface area contributed by atoms with Gasteiger partial charge in [-0.3, -0.25) is 14.7 Å². The third kappa shape index (κ3) is 3.50. The molecule has 1 fully saturated rings. The minimum atomic E-state index is -0.509. The third-order valence-corrected chi connectivity index (χ3v) is 3.83. The molecule has 0 spiro atoms. The number of carbonyl (C=O) groups excluding carboxylic acids is 2. The average molecular weight is 314 g/mol. The Hall–Kier alpha value is -2.83. The van der Waals surface area contributed by atoms with Crippen molar-refractivity contribution in [2.45, 2.75) is 25.3 Å². The van der Waals surface area contributed by atoms with Crippen molar-refractivity contribution in [3.63, 3.8) is 0 Å². The predicted octanol–water partition coefficient (Wildman–Crippen LogP) is 1.18. The number of phenolic OH excluding ortho intramolecular Hbond substituents is 1. The number of aromatic nitrogens is 2. The molecule has 1 saturated heterocycles. The van der Waals surface area contributed by atoms with Crippen LogP contribution < -0.4 is 10.6 Å². The molecule has 2 heterocycles. The van der Waals surface area contributed by atoms with Crippen LogP contribution in [0.2, 0.25) is 0 Å². The van der Waals surface area contributed by atoms with Gasteiger partial charge in [-0.15, -0.1) is 0 Å². The van der Waals surface area contributed by atoms with Gasteiger partial charge in [-0.2, -0.15) is 5.10 Å². The Bertz CT molecular complexity index is 708. The van der Waals surface area contributed by atoms with Crippen LogP contribution in [0.3, 0.4) is 0 Å². The zero-order valence-electron chi connectivity index (χ0n) is 12.5. The highest BCUT2D eigenvalue weighted by atomic mass is 16.3. The summed E-state index contributed by atoms with van der Waals surface area (Å²) >= 11 is 0. The molecule has 0 aliphatic carbocycles. The minimum absolute atomic E-state index is 0.144. The second-order valence-corrected chi connectivity index (χ2v) is 5.53. The van der Waals surface area contributed by atoms with E-state index in [1.807, 2.05) is 0 Å². The Morgan fingerprint density at radius 1 is 1.26 bits per heavy atom. The van der Waals surface area contributed by atoms with Gasteiger partial charge in [-0.05, 0) is 49.6 Å². The monoisotopic (exact) mass is 314 g/mol. The van der Waals surface area contributed by atoms with Gasteiger partial charge >= 0.3 is 0 Å². The van der Waals surface area contributed by atoms with Crippen molar-refractivity contribution >= 4 is 11.8 Å². The van der Waals surface area contributed by atoms with Crippen molar-refractivity contribution in [1.82, 2.24) is 20.8 Å². The van der Waals surface area contributed by atoms with Crippen molar-refractivity contribution in [2.24, 2.45) is 0 Å². The van der Waals surface area contributed by atoms with E-state index in [0.29, 0.717) is 24.4 Å². The van der Waals surface area contributed by atoms with Crippen LogP contribution in [-0.2, 0) is 4.79 Å². The zero-order valence-corrected chi connectivity index (χ0v) is 12.5. The molecule has 1 aromatic heterocycles. The highest BCUT2D eigenvalue weighted by Crippen LogP contribution is 2.20. The number of nitrogens with zero attached hydrogens (tertiary/aromatic N) is 1. The van der Waals surface area contributed by atoms with E-state index in [4.69, 9.17) is 0 Å². The van der Waals surface area contributed by atoms with Crippen molar-refractivity contribution in [2.75, 3.05) is 6.54 Å². The maximum Gasteiger partial charge on any atom is 0.269 e. The number of hydrogen-bond acceptors (Lipinski definition) is 4. The second-order valence-electron chi connectivity index (χ2n) is 5.53. The van der Waals surface area contributed by atoms with Crippen molar-refractivity contribution < 1.29 is 14.7 Å². The fourth-order valence-corrected chi connectivity index (χ4v) is 2.53. The summed E-state index contributed by atoms with van der Waals surface area (Å²) in [5, 5.41) is 21.6. The maximum atomic E-state index is 12.3. The fraction of sp³-hybridized carbons (Fsp3) is 0.312. The summed E-state index contributed by atoms with van der Waals surface area (Å²) in [6.07, 6.45) is 2.45. The second kappa shape index (κ2) is 6.51. The number of benzene rings is 1. The van der Waals surface area contributed by atoms with E-state index in [0.717, 1.165) is 18.4 Å². The van der Waals surface area contributed by atoms with E-state index >= 15 is 0 Å². The Kier molecular flexibility index (Phi) is 4.27. The van der Waals surface area contributed by atoms with E-state index in [-0.39, 0.29) is 17.6 Å². The summed E-state index contributed by atoms with van der Waals surface area (Å²) < 4.78 is 0. The van der Waals surface area contributed by atoms with E-state index in [1.54, 1.807) is 30.3 Å². The first kappa shape index (κ1) is 15.1. The standard InChI is InChI=1S/C16H18N4O3/c21-11-6-4-10(5-7-11)13-9-14(20-19-13)16(23)18-12-3-1-2-8-17-15(12)22/h4-7,9,12,21H,1-3,8H2,(H,17,22)(H,18,23)(H,19,20)/t12-/m1/s1. The van der Waals surface area contributed by atoms with E-state index in [2.05, 4.69) is 20.8 Å². The topological polar surface area (TPSA) is 107 Å². The number of carbonyl (C=O) groups is 2. The molecule has 7 heteroatoms. The highest BCUT2D eigenvalue weighted by Gasteiger charge is 2.23. The molecule has 0 saturated carbocycles. The number of phenols is 1. The number of H-pyrrole nitrogens is 1. The van der Waals surface area contributed by atoms with Crippen LogP contribution in [0.4, 0.5) is 0 Å². The van der Waals surface area contributed by atoms with Gasteiger partial charge in [0.2, 0.25) is 5.91 Å². The first-order valence-electron chi connectivity index (χ1n) is 7.57. The maximum absolute atomic E-state index is 12.3. The molecule has 1 aliphatic heterocycles. The van der Waals surface area contributed by atoms with Crippen molar-refractivity contribution in [1.29, 1.82) is 0 Å². The van der Waals surface area contributed by atoms with Gasteiger partial charge in [0.05, 0.1) is 5.69 Å². The van der Waals surface area contributed by atoms with Crippen LogP contribution >= 0.6 is 0 Å². The molecule has 1 atom stereocenters. The summed E-state index contributed by atoms with van der Waals surface area (Å²) in [4.78, 5) is 24.1. The van der Waals surface area contributed by atoms with Gasteiger partial charge in [-0.1, -0.05) is 0 Å². The lowest BCUT2D eigenvalue weighted by molar-refractivity contribution is -0.122. The number of hydrogen-bond donors (Lipinski definition) is 4. The molecule has 0 unspecified atom stereocenters. The van der Waals surface area contributed by atoms with Crippen LogP contribution in [0.15, 0.2) is 30.3 Å². The minimum Gasteiger partial charge on any atom is -0.508 e. The Balaban J connectivity index is 1.70. The van der Waals surface area contributed by atoms with Crippen LogP contribution in [0.25, 0.3) is 11.3 Å². The van der Waals surface area contributed by atoms with Crippen molar-refractivity contribution in [3.05, 3.63) is 36.0 Å². The molecule has 7 nitrogen and oxygen atoms in total. The number of amides is 2. The van der Waals surface area contributed by atoms with Crippen LogP contribution in [-0.4, -0.2) is 39.7 Å². The third-order valence-electron chi connectivity index (χ3n) is 3.83. The van der Waals surface area contributed by atoms with Crippen LogP contribution in [0, 0.1) is 0 Å². The SMILES string of the molecule is O=C(N[C@@H]1CCCCNC1=O)c1cc(-c2ccc(O)cc2)n[nH]1. The van der Waals surface area contributed by atoms with Gasteiger partial charge in [0.1, 0.15) is 17.5 Å². The van der Waals surface area contributed by atoms with Crippen LogP contribution in [0.5, 0.6) is 5.75 Å². The summed E-state index contributed by atoms with van der Waals surface area (Å²) in [5.74, 6) is -0.333. The first-order valence-corrected chi connectivity index (χ1v) is 7.57. The average Bonchev–Trinajstić information content (AvgIpc) is 2.95. The van der Waals surface area contributed by atoms with Gasteiger partial charge in [0.15, 0.2) is 0 Å². The fourth-order valence-electron chi connectivity index (χ4n) is 2.53. The Labute approximate surface area is 133 Å². The molecule has 3 rings (SSSR count). The quantitative estimate of drug-likeness (QED) is 0.682. The molecule has 2 aromatic rings. The molecule has 4 N–H and O–H groups in total. The molecule has 0 bridgehead atoms. The van der Waals surface area contributed by atoms with E-state index in [9.17, 15) is 14.7 Å². The molecule has 23 heavy (non-hydrogen) atoms. The van der Waals surface area contributed by atoms with E-state index < -0.39 is 6.04 Å². The normalized spacial score (nSPS) is 18.1. The van der Waals surface area contributed by atoms with Gasteiger partial charge < -0.3 is 15.7 Å². The molecule has 120 valence electrons.